The Bertz CT molecular complexity index is 282. The van der Waals surface area contributed by atoms with Crippen LogP contribution in [0.2, 0.25) is 0 Å². The van der Waals surface area contributed by atoms with Gasteiger partial charge in [0.2, 0.25) is 0 Å². The highest BCUT2D eigenvalue weighted by atomic mass is 16.3. The molecule has 0 bridgehead atoms. The van der Waals surface area contributed by atoms with Crippen LogP contribution in [0.4, 0.5) is 0 Å². The van der Waals surface area contributed by atoms with E-state index in [1.54, 1.807) is 0 Å². The SMILES string of the molecule is CC1(O)CCC2CC2C2C1CCC2(C)O. The highest BCUT2D eigenvalue weighted by Gasteiger charge is 2.61. The third kappa shape index (κ3) is 1.38. The minimum atomic E-state index is -0.529. The predicted octanol–water partition coefficient (Wildman–Crippen LogP) is 1.94. The number of fused-ring (bicyclic) bond motifs is 3. The minimum Gasteiger partial charge on any atom is -0.390 e. The van der Waals surface area contributed by atoms with Gasteiger partial charge in [-0.25, -0.2) is 0 Å². The van der Waals surface area contributed by atoms with Gasteiger partial charge in [-0.1, -0.05) is 0 Å². The highest BCUT2D eigenvalue weighted by molar-refractivity contribution is 5.11. The first-order valence-corrected chi connectivity index (χ1v) is 6.36. The lowest BCUT2D eigenvalue weighted by atomic mass is 9.75. The van der Waals surface area contributed by atoms with E-state index in [0.717, 1.165) is 25.2 Å². The lowest BCUT2D eigenvalue weighted by Crippen LogP contribution is -2.42. The Hall–Kier alpha value is -0.0800. The van der Waals surface area contributed by atoms with E-state index in [1.807, 2.05) is 13.8 Å². The Kier molecular flexibility index (Phi) is 1.87. The molecule has 6 unspecified atom stereocenters. The Labute approximate surface area is 91.7 Å². The summed E-state index contributed by atoms with van der Waals surface area (Å²) in [6.45, 7) is 3.96. The van der Waals surface area contributed by atoms with Crippen molar-refractivity contribution in [1.82, 2.24) is 0 Å². The summed E-state index contributed by atoms with van der Waals surface area (Å²) in [4.78, 5) is 0. The first kappa shape index (κ1) is 10.1. The van der Waals surface area contributed by atoms with Crippen LogP contribution in [0.25, 0.3) is 0 Å². The van der Waals surface area contributed by atoms with Crippen LogP contribution >= 0.6 is 0 Å². The van der Waals surface area contributed by atoms with E-state index in [-0.39, 0.29) is 0 Å². The molecule has 0 heterocycles. The molecule has 86 valence electrons. The molecule has 2 heteroatoms. The van der Waals surface area contributed by atoms with E-state index < -0.39 is 11.2 Å². The van der Waals surface area contributed by atoms with Crippen LogP contribution in [0.1, 0.15) is 46.0 Å². The largest absolute Gasteiger partial charge is 0.390 e. The van der Waals surface area contributed by atoms with Crippen LogP contribution in [0.15, 0.2) is 0 Å². The molecular weight excluding hydrogens is 188 g/mol. The molecule has 3 aliphatic rings. The van der Waals surface area contributed by atoms with Crippen molar-refractivity contribution in [3.8, 4) is 0 Å². The van der Waals surface area contributed by atoms with Gasteiger partial charge in [0.1, 0.15) is 0 Å². The van der Waals surface area contributed by atoms with Gasteiger partial charge >= 0.3 is 0 Å². The van der Waals surface area contributed by atoms with Gasteiger partial charge in [-0.15, -0.1) is 0 Å². The third-order valence-electron chi connectivity index (χ3n) is 5.37. The zero-order chi connectivity index (χ0) is 10.8. The van der Waals surface area contributed by atoms with E-state index in [9.17, 15) is 10.2 Å². The molecule has 0 aromatic heterocycles. The molecule has 3 rings (SSSR count). The predicted molar refractivity (Wildman–Crippen MR) is 58.3 cm³/mol. The second-order valence-corrected chi connectivity index (χ2v) is 6.58. The first-order valence-electron chi connectivity index (χ1n) is 6.36. The Balaban J connectivity index is 1.95. The molecule has 0 spiro atoms. The van der Waals surface area contributed by atoms with Crippen molar-refractivity contribution < 1.29 is 10.2 Å². The maximum atomic E-state index is 10.5. The zero-order valence-electron chi connectivity index (χ0n) is 9.74. The average Bonchev–Trinajstić information content (AvgIpc) is 2.80. The highest BCUT2D eigenvalue weighted by Crippen LogP contribution is 2.62. The van der Waals surface area contributed by atoms with Crippen molar-refractivity contribution in [2.24, 2.45) is 23.7 Å². The molecule has 2 N–H and O–H groups in total. The van der Waals surface area contributed by atoms with Crippen LogP contribution in [0.5, 0.6) is 0 Å². The Morgan fingerprint density at radius 1 is 1.00 bits per heavy atom. The van der Waals surface area contributed by atoms with Crippen LogP contribution in [0, 0.1) is 23.7 Å². The number of hydrogen-bond acceptors (Lipinski definition) is 2. The number of hydrogen-bond donors (Lipinski definition) is 2. The summed E-state index contributed by atoms with van der Waals surface area (Å²) in [5.41, 5.74) is -1.04. The molecule has 6 atom stereocenters. The first-order chi connectivity index (χ1) is 6.92. The van der Waals surface area contributed by atoms with Crippen molar-refractivity contribution >= 4 is 0 Å². The topological polar surface area (TPSA) is 40.5 Å². The van der Waals surface area contributed by atoms with E-state index in [1.165, 1.54) is 12.8 Å². The van der Waals surface area contributed by atoms with Crippen LogP contribution < -0.4 is 0 Å². The van der Waals surface area contributed by atoms with Crippen LogP contribution in [0.3, 0.4) is 0 Å². The third-order valence-corrected chi connectivity index (χ3v) is 5.37. The second-order valence-electron chi connectivity index (χ2n) is 6.58. The molecule has 15 heavy (non-hydrogen) atoms. The lowest BCUT2D eigenvalue weighted by molar-refractivity contribution is -0.0613. The molecule has 3 aliphatic carbocycles. The monoisotopic (exact) mass is 210 g/mol. The van der Waals surface area contributed by atoms with Crippen molar-refractivity contribution in [3.63, 3.8) is 0 Å². The van der Waals surface area contributed by atoms with Gasteiger partial charge in [0, 0.05) is 0 Å². The smallest absolute Gasteiger partial charge is 0.0654 e. The van der Waals surface area contributed by atoms with Crippen molar-refractivity contribution in [2.45, 2.75) is 57.2 Å². The van der Waals surface area contributed by atoms with Gasteiger partial charge in [-0.05, 0) is 69.6 Å². The molecule has 0 aromatic rings. The summed E-state index contributed by atoms with van der Waals surface area (Å²) in [7, 11) is 0. The van der Waals surface area contributed by atoms with Gasteiger partial charge < -0.3 is 10.2 Å². The summed E-state index contributed by atoms with van der Waals surface area (Å²) in [5, 5.41) is 20.9. The molecule has 2 nitrogen and oxygen atoms in total. The second kappa shape index (κ2) is 2.78. The quantitative estimate of drug-likeness (QED) is 0.641. The standard InChI is InChI=1S/C13H22O2/c1-12(14)5-3-8-7-9(8)11-10(12)4-6-13(11,2)15/h8-11,14-15H,3-7H2,1-2H3. The van der Waals surface area contributed by atoms with E-state index in [4.69, 9.17) is 0 Å². The molecule has 0 saturated heterocycles. The van der Waals surface area contributed by atoms with Crippen molar-refractivity contribution in [1.29, 1.82) is 0 Å². The average molecular weight is 210 g/mol. The Morgan fingerprint density at radius 2 is 1.67 bits per heavy atom. The van der Waals surface area contributed by atoms with Gasteiger partial charge in [-0.2, -0.15) is 0 Å². The molecule has 0 radical (unpaired) electrons. The molecule has 3 saturated carbocycles. The summed E-state index contributed by atoms with van der Waals surface area (Å²) < 4.78 is 0. The number of rotatable bonds is 0. The van der Waals surface area contributed by atoms with Crippen LogP contribution in [-0.4, -0.2) is 21.4 Å². The van der Waals surface area contributed by atoms with Gasteiger partial charge in [-0.3, -0.25) is 0 Å². The molecular formula is C13H22O2. The fourth-order valence-electron chi connectivity index (χ4n) is 4.39. The van der Waals surface area contributed by atoms with E-state index in [0.29, 0.717) is 17.8 Å². The van der Waals surface area contributed by atoms with Crippen molar-refractivity contribution in [2.75, 3.05) is 0 Å². The summed E-state index contributed by atoms with van der Waals surface area (Å²) in [6, 6.07) is 0. The van der Waals surface area contributed by atoms with Gasteiger partial charge in [0.05, 0.1) is 11.2 Å². The summed E-state index contributed by atoms with van der Waals surface area (Å²) in [6.07, 6.45) is 5.29. The Morgan fingerprint density at radius 3 is 2.40 bits per heavy atom. The summed E-state index contributed by atoms with van der Waals surface area (Å²) in [5.74, 6) is 2.21. The molecule has 0 aromatic carbocycles. The lowest BCUT2D eigenvalue weighted by Gasteiger charge is -2.36. The van der Waals surface area contributed by atoms with Gasteiger partial charge in [0.25, 0.3) is 0 Å². The zero-order valence-corrected chi connectivity index (χ0v) is 9.74. The summed E-state index contributed by atoms with van der Waals surface area (Å²) >= 11 is 0. The maximum Gasteiger partial charge on any atom is 0.0654 e. The minimum absolute atomic E-state index is 0.338. The van der Waals surface area contributed by atoms with E-state index >= 15 is 0 Å². The maximum absolute atomic E-state index is 10.5. The molecule has 0 amide bonds. The van der Waals surface area contributed by atoms with E-state index in [2.05, 4.69) is 0 Å². The molecule has 3 fully saturated rings. The fraction of sp³-hybridized carbons (Fsp3) is 1.00. The van der Waals surface area contributed by atoms with Crippen molar-refractivity contribution in [3.05, 3.63) is 0 Å². The normalized spacial score (nSPS) is 63.2. The van der Waals surface area contributed by atoms with Crippen LogP contribution in [-0.2, 0) is 0 Å². The fourth-order valence-corrected chi connectivity index (χ4v) is 4.39. The van der Waals surface area contributed by atoms with Gasteiger partial charge in [0.15, 0.2) is 0 Å². The number of aliphatic hydroxyl groups is 2. The molecule has 0 aliphatic heterocycles.